The van der Waals surface area contributed by atoms with Crippen LogP contribution in [0.25, 0.3) is 0 Å². The Morgan fingerprint density at radius 2 is 2.00 bits per heavy atom. The zero-order chi connectivity index (χ0) is 15.4. The topological polar surface area (TPSA) is 96.4 Å². The molecule has 0 heterocycles. The van der Waals surface area contributed by atoms with Crippen LogP contribution in [0.3, 0.4) is 0 Å². The van der Waals surface area contributed by atoms with Crippen molar-refractivity contribution in [1.82, 2.24) is 0 Å². The fraction of sp³-hybridized carbons (Fsp3) is 0.0714. The van der Waals surface area contributed by atoms with Crippen molar-refractivity contribution >= 4 is 21.6 Å². The Hall–Kier alpha value is -2.43. The summed E-state index contributed by atoms with van der Waals surface area (Å²) in [7, 11) is 0. The van der Waals surface area contributed by atoms with E-state index in [1.54, 1.807) is 18.2 Å². The maximum absolute atomic E-state index is 11.0. The average molecular weight is 349 g/mol. The van der Waals surface area contributed by atoms with Crippen LogP contribution in [0, 0.1) is 21.4 Å². The molecule has 0 amide bonds. The van der Waals surface area contributed by atoms with E-state index in [0.29, 0.717) is 15.8 Å². The van der Waals surface area contributed by atoms with E-state index in [2.05, 4.69) is 15.9 Å². The number of aliphatic hydroxyl groups excluding tert-OH is 1. The Labute approximate surface area is 128 Å². The third kappa shape index (κ3) is 3.37. The molecular weight excluding hydrogens is 340 g/mol. The van der Waals surface area contributed by atoms with Gasteiger partial charge >= 0.3 is 5.69 Å². The van der Waals surface area contributed by atoms with Crippen molar-refractivity contribution in [3.05, 3.63) is 62.1 Å². The number of benzene rings is 2. The van der Waals surface area contributed by atoms with Gasteiger partial charge in [0.05, 0.1) is 27.6 Å². The Kier molecular flexibility index (Phi) is 4.52. The molecule has 2 rings (SSSR count). The Morgan fingerprint density at radius 3 is 2.57 bits per heavy atom. The minimum absolute atomic E-state index is 0.0384. The summed E-state index contributed by atoms with van der Waals surface area (Å²) in [5.74, 6) is 0.413. The number of nitro groups is 1. The summed E-state index contributed by atoms with van der Waals surface area (Å²) in [4.78, 5) is 10.4. The van der Waals surface area contributed by atoms with Crippen LogP contribution in [0.4, 0.5) is 5.69 Å². The third-order valence-corrected chi connectivity index (χ3v) is 3.30. The zero-order valence-corrected chi connectivity index (χ0v) is 12.2. The molecule has 0 fully saturated rings. The molecule has 0 bridgehead atoms. The number of nitro benzene ring substituents is 1. The van der Waals surface area contributed by atoms with Crippen molar-refractivity contribution in [1.29, 1.82) is 5.26 Å². The van der Waals surface area contributed by atoms with Gasteiger partial charge in [-0.2, -0.15) is 5.26 Å². The van der Waals surface area contributed by atoms with Crippen LogP contribution in [-0.4, -0.2) is 10.0 Å². The lowest BCUT2D eigenvalue weighted by atomic mass is 10.2. The Morgan fingerprint density at radius 1 is 1.29 bits per heavy atom. The van der Waals surface area contributed by atoms with Crippen LogP contribution >= 0.6 is 15.9 Å². The molecule has 0 aliphatic carbocycles. The number of hydrogen-bond donors (Lipinski definition) is 1. The highest BCUT2D eigenvalue weighted by Crippen LogP contribution is 2.35. The molecule has 2 aromatic rings. The van der Waals surface area contributed by atoms with Gasteiger partial charge in [0.15, 0.2) is 0 Å². The summed E-state index contributed by atoms with van der Waals surface area (Å²) in [6.45, 7) is -0.115. The molecule has 0 radical (unpaired) electrons. The number of ether oxygens (including phenoxy) is 1. The van der Waals surface area contributed by atoms with Crippen LogP contribution in [-0.2, 0) is 6.61 Å². The first-order chi connectivity index (χ1) is 10.0. The van der Waals surface area contributed by atoms with Crippen molar-refractivity contribution < 1.29 is 14.8 Å². The number of hydrogen-bond acceptors (Lipinski definition) is 5. The van der Waals surface area contributed by atoms with Crippen molar-refractivity contribution in [2.45, 2.75) is 6.61 Å². The lowest BCUT2D eigenvalue weighted by molar-refractivity contribution is -0.385. The fourth-order valence-corrected chi connectivity index (χ4v) is 2.17. The normalized spacial score (nSPS) is 9.95. The zero-order valence-electron chi connectivity index (χ0n) is 10.6. The van der Waals surface area contributed by atoms with Gasteiger partial charge < -0.3 is 9.84 Å². The van der Waals surface area contributed by atoms with Crippen molar-refractivity contribution in [2.75, 3.05) is 0 Å². The van der Waals surface area contributed by atoms with Crippen LogP contribution < -0.4 is 4.74 Å². The summed E-state index contributed by atoms with van der Waals surface area (Å²) in [6.07, 6.45) is 0. The second-order valence-corrected chi connectivity index (χ2v) is 4.93. The van der Waals surface area contributed by atoms with Crippen LogP contribution in [0.15, 0.2) is 40.9 Å². The number of halogens is 1. The van der Waals surface area contributed by atoms with E-state index in [0.717, 1.165) is 6.07 Å². The SMILES string of the molecule is N#Cc1ccc(Oc2ccc(CO)cc2Br)c([N+](=O)[O-])c1. The van der Waals surface area contributed by atoms with Crippen LogP contribution in [0.2, 0.25) is 0 Å². The summed E-state index contributed by atoms with van der Waals surface area (Å²) >= 11 is 3.28. The molecule has 106 valence electrons. The molecule has 0 unspecified atom stereocenters. The highest BCUT2D eigenvalue weighted by Gasteiger charge is 2.17. The van der Waals surface area contributed by atoms with Gasteiger partial charge in [0, 0.05) is 6.07 Å². The van der Waals surface area contributed by atoms with Crippen LogP contribution in [0.1, 0.15) is 11.1 Å². The van der Waals surface area contributed by atoms with E-state index in [1.807, 2.05) is 6.07 Å². The molecule has 0 atom stereocenters. The monoisotopic (exact) mass is 348 g/mol. The van der Waals surface area contributed by atoms with Crippen molar-refractivity contribution in [3.63, 3.8) is 0 Å². The lowest BCUT2D eigenvalue weighted by Crippen LogP contribution is -1.95. The quantitative estimate of drug-likeness (QED) is 0.673. The summed E-state index contributed by atoms with van der Waals surface area (Å²) in [6, 6.07) is 10.7. The van der Waals surface area contributed by atoms with Gasteiger partial charge in [0.2, 0.25) is 5.75 Å². The molecule has 2 aromatic carbocycles. The molecule has 0 saturated carbocycles. The predicted molar refractivity (Wildman–Crippen MR) is 78.0 cm³/mol. The van der Waals surface area contributed by atoms with Crippen molar-refractivity contribution in [2.24, 2.45) is 0 Å². The van der Waals surface area contributed by atoms with Crippen LogP contribution in [0.5, 0.6) is 11.5 Å². The van der Waals surface area contributed by atoms with Gasteiger partial charge in [-0.3, -0.25) is 10.1 Å². The fourth-order valence-electron chi connectivity index (χ4n) is 1.66. The predicted octanol–water partition coefficient (Wildman–Crippen LogP) is 3.51. The van der Waals surface area contributed by atoms with E-state index in [9.17, 15) is 10.1 Å². The molecule has 21 heavy (non-hydrogen) atoms. The summed E-state index contributed by atoms with van der Waals surface area (Å²) < 4.78 is 6.08. The molecule has 0 aromatic heterocycles. The van der Waals surface area contributed by atoms with Gasteiger partial charge in [0.25, 0.3) is 0 Å². The second-order valence-electron chi connectivity index (χ2n) is 4.08. The number of nitrogens with zero attached hydrogens (tertiary/aromatic N) is 2. The first-order valence-corrected chi connectivity index (χ1v) is 6.60. The highest BCUT2D eigenvalue weighted by atomic mass is 79.9. The van der Waals surface area contributed by atoms with E-state index in [-0.39, 0.29) is 23.6 Å². The second kappa shape index (κ2) is 6.35. The molecule has 0 aliphatic heterocycles. The largest absolute Gasteiger partial charge is 0.449 e. The first kappa shape index (κ1) is 15.0. The third-order valence-electron chi connectivity index (χ3n) is 2.68. The number of nitriles is 1. The first-order valence-electron chi connectivity index (χ1n) is 5.81. The molecule has 6 nitrogen and oxygen atoms in total. The smallest absolute Gasteiger partial charge is 0.312 e. The lowest BCUT2D eigenvalue weighted by Gasteiger charge is -2.09. The number of aliphatic hydroxyl groups is 1. The molecular formula is C14H9BrN2O4. The van der Waals surface area contributed by atoms with Gasteiger partial charge in [-0.25, -0.2) is 0 Å². The van der Waals surface area contributed by atoms with Gasteiger partial charge in [-0.15, -0.1) is 0 Å². The summed E-state index contributed by atoms with van der Waals surface area (Å²) in [5.41, 5.74) is 0.583. The van der Waals surface area contributed by atoms with E-state index in [4.69, 9.17) is 15.1 Å². The van der Waals surface area contributed by atoms with E-state index in [1.165, 1.54) is 12.1 Å². The summed E-state index contributed by atoms with van der Waals surface area (Å²) in [5, 5.41) is 28.9. The minimum atomic E-state index is -0.605. The maximum atomic E-state index is 11.0. The van der Waals surface area contributed by atoms with Gasteiger partial charge in [0.1, 0.15) is 5.75 Å². The van der Waals surface area contributed by atoms with Gasteiger partial charge in [-0.05, 0) is 45.8 Å². The standard InChI is InChI=1S/C14H9BrN2O4/c15-11-5-10(8-18)2-3-13(11)21-14-4-1-9(7-16)6-12(14)17(19)20/h1-6,18H,8H2. The maximum Gasteiger partial charge on any atom is 0.312 e. The van der Waals surface area contributed by atoms with E-state index < -0.39 is 4.92 Å². The average Bonchev–Trinajstić information content (AvgIpc) is 2.49. The Bertz CT molecular complexity index is 740. The Balaban J connectivity index is 2.40. The molecule has 7 heteroatoms. The highest BCUT2D eigenvalue weighted by molar-refractivity contribution is 9.10. The minimum Gasteiger partial charge on any atom is -0.449 e. The van der Waals surface area contributed by atoms with Gasteiger partial charge in [-0.1, -0.05) is 6.07 Å². The van der Waals surface area contributed by atoms with E-state index >= 15 is 0 Å². The molecule has 1 N–H and O–H groups in total. The number of rotatable bonds is 4. The molecule has 0 aliphatic rings. The van der Waals surface area contributed by atoms with Crippen molar-refractivity contribution in [3.8, 4) is 17.6 Å². The molecule has 0 saturated heterocycles. The molecule has 0 spiro atoms.